The highest BCUT2D eigenvalue weighted by Crippen LogP contribution is 2.31. The monoisotopic (exact) mass is 515 g/mol. The highest BCUT2D eigenvalue weighted by Gasteiger charge is 2.22. The van der Waals surface area contributed by atoms with Crippen molar-refractivity contribution in [2.75, 3.05) is 23.7 Å². The van der Waals surface area contributed by atoms with Crippen molar-refractivity contribution < 1.29 is 24.6 Å². The number of carboxylic acid groups (broad SMARTS) is 2. The number of rotatable bonds is 8. The zero-order chi connectivity index (χ0) is 25.9. The number of carboxylic acids is 2. The van der Waals surface area contributed by atoms with Crippen LogP contribution in [-0.4, -0.2) is 41.1 Å². The van der Waals surface area contributed by atoms with Crippen LogP contribution in [0.2, 0.25) is 5.02 Å². The number of aliphatic carboxylic acids is 2. The zero-order valence-corrected chi connectivity index (χ0v) is 21.1. The lowest BCUT2D eigenvalue weighted by atomic mass is 10.0. The second kappa shape index (κ2) is 13.8. The first-order valence-corrected chi connectivity index (χ1v) is 12.8. The Morgan fingerprint density at radius 1 is 0.917 bits per heavy atom. The molecule has 0 unspecified atom stereocenters. The minimum Gasteiger partial charge on any atom is -0.481 e. The number of hydrogen-bond donors (Lipinski definition) is 5. The van der Waals surface area contributed by atoms with Crippen molar-refractivity contribution in [2.24, 2.45) is 5.92 Å². The third-order valence-corrected chi connectivity index (χ3v) is 6.77. The maximum absolute atomic E-state index is 12.3. The van der Waals surface area contributed by atoms with Gasteiger partial charge in [0.25, 0.3) is 0 Å². The molecule has 1 heterocycles. The van der Waals surface area contributed by atoms with Gasteiger partial charge in [-0.25, -0.2) is 0 Å². The van der Waals surface area contributed by atoms with Crippen LogP contribution in [0.3, 0.4) is 0 Å². The zero-order valence-electron chi connectivity index (χ0n) is 20.3. The number of fused-ring (bicyclic) bond motifs is 1. The number of carbonyl (C=O) groups excluding carboxylic acids is 1. The van der Waals surface area contributed by atoms with Gasteiger partial charge in [-0.05, 0) is 73.7 Å². The van der Waals surface area contributed by atoms with E-state index in [2.05, 4.69) is 34.1 Å². The highest BCUT2D eigenvalue weighted by molar-refractivity contribution is 6.33. The molecule has 1 aliphatic carbocycles. The van der Waals surface area contributed by atoms with Crippen LogP contribution in [0.4, 0.5) is 11.4 Å². The molecule has 194 valence electrons. The number of halogens is 1. The third kappa shape index (κ3) is 8.53. The van der Waals surface area contributed by atoms with Gasteiger partial charge in [-0.3, -0.25) is 14.4 Å². The standard InChI is InChI=1S/C23H28ClN3O.C4H6O4/c24-21-10-7-17-11-13-25-14-12-20(17)22(21)26-15-16-5-8-19(9-6-16)27-23(28)18-3-1-2-4-18;5-3(6)1-2-4(7)8/h5-10,18,25-26H,1-4,11-15H2,(H,27,28);1-2H2,(H,5,6)(H,7,8). The highest BCUT2D eigenvalue weighted by atomic mass is 35.5. The van der Waals surface area contributed by atoms with Crippen LogP contribution in [0.5, 0.6) is 0 Å². The van der Waals surface area contributed by atoms with Crippen molar-refractivity contribution in [2.45, 2.75) is 57.9 Å². The number of anilines is 2. The van der Waals surface area contributed by atoms with Gasteiger partial charge in [0.1, 0.15) is 0 Å². The fraction of sp³-hybridized carbons (Fsp3) is 0.444. The molecule has 1 amide bonds. The van der Waals surface area contributed by atoms with Crippen LogP contribution >= 0.6 is 11.6 Å². The van der Waals surface area contributed by atoms with Gasteiger partial charge in [0.05, 0.1) is 23.6 Å². The van der Waals surface area contributed by atoms with Crippen LogP contribution in [-0.2, 0) is 33.8 Å². The summed E-state index contributed by atoms with van der Waals surface area (Å²) in [6, 6.07) is 12.2. The van der Waals surface area contributed by atoms with Crippen molar-refractivity contribution in [1.29, 1.82) is 0 Å². The number of nitrogens with one attached hydrogen (secondary N) is 3. The van der Waals surface area contributed by atoms with Gasteiger partial charge in [-0.1, -0.05) is 42.6 Å². The lowest BCUT2D eigenvalue weighted by Crippen LogP contribution is -2.20. The average Bonchev–Trinajstić information content (AvgIpc) is 3.29. The van der Waals surface area contributed by atoms with E-state index in [1.807, 2.05) is 18.2 Å². The van der Waals surface area contributed by atoms with E-state index in [1.165, 1.54) is 29.5 Å². The molecule has 1 saturated carbocycles. The molecule has 1 fully saturated rings. The number of carbonyl (C=O) groups is 3. The predicted octanol–water partition coefficient (Wildman–Crippen LogP) is 4.70. The molecular formula is C27H34ClN3O5. The Morgan fingerprint density at radius 2 is 1.56 bits per heavy atom. The lowest BCUT2D eigenvalue weighted by molar-refractivity contribution is -0.143. The first-order valence-electron chi connectivity index (χ1n) is 12.4. The van der Waals surface area contributed by atoms with Crippen LogP contribution in [0.15, 0.2) is 36.4 Å². The molecule has 8 nitrogen and oxygen atoms in total. The van der Waals surface area contributed by atoms with E-state index >= 15 is 0 Å². The van der Waals surface area contributed by atoms with Crippen molar-refractivity contribution in [3.05, 3.63) is 58.1 Å². The lowest BCUT2D eigenvalue weighted by Gasteiger charge is -2.16. The molecule has 0 saturated heterocycles. The summed E-state index contributed by atoms with van der Waals surface area (Å²) in [4.78, 5) is 31.5. The Morgan fingerprint density at radius 3 is 2.19 bits per heavy atom. The SMILES string of the molecule is O=C(Nc1ccc(CNc2c(Cl)ccc3c2CCNCC3)cc1)C1CCCC1.O=C(O)CCC(=O)O. The van der Waals surface area contributed by atoms with E-state index < -0.39 is 11.9 Å². The molecule has 0 spiro atoms. The Kier molecular flexibility index (Phi) is 10.6. The molecule has 4 rings (SSSR count). The largest absolute Gasteiger partial charge is 0.481 e. The van der Waals surface area contributed by atoms with Crippen molar-refractivity contribution >= 4 is 40.8 Å². The minimum atomic E-state index is -1.08. The average molecular weight is 516 g/mol. The number of amides is 1. The Bertz CT molecular complexity index is 1040. The van der Waals surface area contributed by atoms with Gasteiger partial charge >= 0.3 is 11.9 Å². The second-order valence-corrected chi connectivity index (χ2v) is 9.53. The Balaban J connectivity index is 0.000000392. The van der Waals surface area contributed by atoms with E-state index in [9.17, 15) is 14.4 Å². The van der Waals surface area contributed by atoms with Gasteiger partial charge in [0.2, 0.25) is 5.91 Å². The summed E-state index contributed by atoms with van der Waals surface area (Å²) in [5.41, 5.74) is 5.80. The predicted molar refractivity (Wildman–Crippen MR) is 141 cm³/mol. The van der Waals surface area contributed by atoms with Crippen molar-refractivity contribution in [1.82, 2.24) is 5.32 Å². The summed E-state index contributed by atoms with van der Waals surface area (Å²) < 4.78 is 0. The second-order valence-electron chi connectivity index (χ2n) is 9.12. The van der Waals surface area contributed by atoms with Crippen LogP contribution < -0.4 is 16.0 Å². The molecule has 0 aromatic heterocycles. The molecule has 2 aromatic carbocycles. The molecule has 2 aliphatic rings. The van der Waals surface area contributed by atoms with Crippen molar-refractivity contribution in [3.63, 3.8) is 0 Å². The summed E-state index contributed by atoms with van der Waals surface area (Å²) in [6.07, 6.45) is 5.82. The summed E-state index contributed by atoms with van der Waals surface area (Å²) in [5.74, 6) is -1.80. The molecule has 9 heteroatoms. The summed E-state index contributed by atoms with van der Waals surface area (Å²) in [6.45, 7) is 2.71. The van der Waals surface area contributed by atoms with Gasteiger partial charge in [-0.15, -0.1) is 0 Å². The fourth-order valence-corrected chi connectivity index (χ4v) is 4.72. The summed E-state index contributed by atoms with van der Waals surface area (Å²) in [7, 11) is 0. The Labute approximate surface area is 216 Å². The van der Waals surface area contributed by atoms with Crippen LogP contribution in [0.25, 0.3) is 0 Å². The van der Waals surface area contributed by atoms with Gasteiger partial charge in [0.15, 0.2) is 0 Å². The molecule has 36 heavy (non-hydrogen) atoms. The van der Waals surface area contributed by atoms with Crippen LogP contribution in [0, 0.1) is 5.92 Å². The first kappa shape index (κ1) is 27.5. The number of benzene rings is 2. The molecule has 0 atom stereocenters. The molecular weight excluding hydrogens is 482 g/mol. The summed E-state index contributed by atoms with van der Waals surface area (Å²) in [5, 5.41) is 26.6. The molecule has 2 aromatic rings. The normalized spacial score (nSPS) is 15.1. The minimum absolute atomic E-state index is 0.163. The Hall–Kier alpha value is -3.10. The van der Waals surface area contributed by atoms with Gasteiger partial charge in [0, 0.05) is 18.2 Å². The maximum atomic E-state index is 12.3. The quantitative estimate of drug-likeness (QED) is 0.344. The maximum Gasteiger partial charge on any atom is 0.303 e. The molecule has 0 radical (unpaired) electrons. The van der Waals surface area contributed by atoms with E-state index in [1.54, 1.807) is 0 Å². The topological polar surface area (TPSA) is 128 Å². The number of hydrogen-bond acceptors (Lipinski definition) is 5. The fourth-order valence-electron chi connectivity index (χ4n) is 4.48. The smallest absolute Gasteiger partial charge is 0.303 e. The summed E-state index contributed by atoms with van der Waals surface area (Å²) >= 11 is 6.50. The van der Waals surface area contributed by atoms with E-state index in [0.717, 1.165) is 55.2 Å². The molecule has 1 aliphatic heterocycles. The molecule has 0 bridgehead atoms. The molecule has 5 N–H and O–H groups in total. The van der Waals surface area contributed by atoms with E-state index in [0.29, 0.717) is 6.54 Å². The van der Waals surface area contributed by atoms with E-state index in [-0.39, 0.29) is 24.7 Å². The first-order chi connectivity index (χ1) is 17.3. The van der Waals surface area contributed by atoms with Crippen molar-refractivity contribution in [3.8, 4) is 0 Å². The third-order valence-electron chi connectivity index (χ3n) is 6.45. The van der Waals surface area contributed by atoms with Gasteiger partial charge in [-0.2, -0.15) is 0 Å². The van der Waals surface area contributed by atoms with E-state index in [4.69, 9.17) is 21.8 Å². The van der Waals surface area contributed by atoms with Gasteiger partial charge < -0.3 is 26.2 Å². The van der Waals surface area contributed by atoms with Crippen LogP contribution in [0.1, 0.15) is 55.2 Å².